The van der Waals surface area contributed by atoms with E-state index >= 15 is 0 Å². The van der Waals surface area contributed by atoms with Crippen LogP contribution in [-0.2, 0) is 26.0 Å². The Hall–Kier alpha value is -2.82. The van der Waals surface area contributed by atoms with Gasteiger partial charge in [-0.2, -0.15) is 4.31 Å². The summed E-state index contributed by atoms with van der Waals surface area (Å²) in [4.78, 5) is 12.7. The fourth-order valence-electron chi connectivity index (χ4n) is 3.58. The van der Waals surface area contributed by atoms with Gasteiger partial charge in [0.05, 0.1) is 38.4 Å². The zero-order chi connectivity index (χ0) is 24.6. The number of benzene rings is 2. The number of methoxy groups -OCH3 is 2. The molecule has 0 aromatic heterocycles. The van der Waals surface area contributed by atoms with Gasteiger partial charge < -0.3 is 24.3 Å². The number of rotatable bonds is 11. The second-order valence-corrected chi connectivity index (χ2v) is 9.88. The first-order valence-corrected chi connectivity index (χ1v) is 12.6. The largest absolute Gasteiger partial charge is 0.497 e. The molecule has 0 bridgehead atoms. The van der Waals surface area contributed by atoms with Gasteiger partial charge in [0, 0.05) is 19.5 Å². The Balaban J connectivity index is 1.55. The Labute approximate surface area is 201 Å². The lowest BCUT2D eigenvalue weighted by atomic mass is 10.1. The molecule has 1 fully saturated rings. The number of carbonyl (C=O) groups excluding carboxylic acids is 1. The first-order chi connectivity index (χ1) is 16.3. The fourth-order valence-corrected chi connectivity index (χ4v) is 5.04. The summed E-state index contributed by atoms with van der Waals surface area (Å²) in [7, 11) is -0.511. The molecule has 1 amide bonds. The number of ether oxygens (including phenoxy) is 4. The summed E-state index contributed by atoms with van der Waals surface area (Å²) in [5.41, 5.74) is 0.661. The van der Waals surface area contributed by atoms with Crippen LogP contribution in [0.3, 0.4) is 0 Å². The van der Waals surface area contributed by atoms with Crippen molar-refractivity contribution in [2.75, 3.05) is 47.1 Å². The number of amides is 1. The quantitative estimate of drug-likeness (QED) is 0.513. The molecule has 186 valence electrons. The third-order valence-corrected chi connectivity index (χ3v) is 7.34. The first-order valence-electron chi connectivity index (χ1n) is 11.1. The standard InChI is InChI=1S/C24H32N2O7S/c1-18(17-33-21-7-5-20(30-2)6-8-21)25-24(27)11-4-19-16-22(9-10-23(19)31-3)34(28,29)26-12-14-32-15-13-26/h5-10,16,18H,4,11-15,17H2,1-3H3,(H,25,27). The molecule has 3 rings (SSSR count). The number of hydrogen-bond acceptors (Lipinski definition) is 7. The third kappa shape index (κ3) is 6.85. The van der Waals surface area contributed by atoms with Crippen molar-refractivity contribution >= 4 is 15.9 Å². The van der Waals surface area contributed by atoms with Crippen molar-refractivity contribution in [3.8, 4) is 17.2 Å². The smallest absolute Gasteiger partial charge is 0.243 e. The van der Waals surface area contributed by atoms with Crippen LogP contribution in [0.15, 0.2) is 47.4 Å². The monoisotopic (exact) mass is 492 g/mol. The highest BCUT2D eigenvalue weighted by molar-refractivity contribution is 7.89. The van der Waals surface area contributed by atoms with Crippen molar-refractivity contribution in [1.29, 1.82) is 0 Å². The topological polar surface area (TPSA) is 103 Å². The summed E-state index contributed by atoms with van der Waals surface area (Å²) in [6.45, 7) is 3.57. The second kappa shape index (κ2) is 12.0. The van der Waals surface area contributed by atoms with E-state index in [1.165, 1.54) is 17.5 Å². The van der Waals surface area contributed by atoms with Crippen LogP contribution in [0.2, 0.25) is 0 Å². The van der Waals surface area contributed by atoms with Crippen molar-refractivity contribution in [3.05, 3.63) is 48.0 Å². The van der Waals surface area contributed by atoms with E-state index in [1.807, 2.05) is 6.92 Å². The SMILES string of the molecule is COc1ccc(OCC(C)NC(=O)CCc2cc(S(=O)(=O)N3CCOCC3)ccc2OC)cc1. The molecule has 1 saturated heterocycles. The normalized spacial score (nSPS) is 15.4. The highest BCUT2D eigenvalue weighted by atomic mass is 32.2. The van der Waals surface area contributed by atoms with Gasteiger partial charge in [0.15, 0.2) is 0 Å². The number of nitrogens with zero attached hydrogens (tertiary/aromatic N) is 1. The van der Waals surface area contributed by atoms with Gasteiger partial charge in [0.1, 0.15) is 23.9 Å². The van der Waals surface area contributed by atoms with Crippen molar-refractivity contribution < 1.29 is 32.2 Å². The molecule has 0 radical (unpaired) electrons. The predicted molar refractivity (Wildman–Crippen MR) is 127 cm³/mol. The fraction of sp³-hybridized carbons (Fsp3) is 0.458. The highest BCUT2D eigenvalue weighted by Gasteiger charge is 2.27. The first kappa shape index (κ1) is 25.8. The average Bonchev–Trinajstić information content (AvgIpc) is 2.86. The van der Waals surface area contributed by atoms with E-state index in [1.54, 1.807) is 43.5 Å². The van der Waals surface area contributed by atoms with Crippen LogP contribution in [-0.4, -0.2) is 71.8 Å². The molecule has 0 aliphatic carbocycles. The molecule has 34 heavy (non-hydrogen) atoms. The van der Waals surface area contributed by atoms with Gasteiger partial charge in [-0.3, -0.25) is 4.79 Å². The lowest BCUT2D eigenvalue weighted by Gasteiger charge is -2.26. The van der Waals surface area contributed by atoms with Gasteiger partial charge in [-0.15, -0.1) is 0 Å². The lowest BCUT2D eigenvalue weighted by molar-refractivity contribution is -0.121. The van der Waals surface area contributed by atoms with Crippen LogP contribution in [0.4, 0.5) is 0 Å². The molecule has 1 aliphatic rings. The number of sulfonamides is 1. The van der Waals surface area contributed by atoms with Gasteiger partial charge >= 0.3 is 0 Å². The van der Waals surface area contributed by atoms with Crippen LogP contribution in [0.1, 0.15) is 18.9 Å². The minimum atomic E-state index is -3.63. The molecule has 9 nitrogen and oxygen atoms in total. The van der Waals surface area contributed by atoms with E-state index in [2.05, 4.69) is 5.32 Å². The molecular weight excluding hydrogens is 460 g/mol. The highest BCUT2D eigenvalue weighted by Crippen LogP contribution is 2.26. The maximum absolute atomic E-state index is 13.0. The Morgan fingerprint density at radius 3 is 2.38 bits per heavy atom. The van der Waals surface area contributed by atoms with Gasteiger partial charge in [0.25, 0.3) is 0 Å². The van der Waals surface area contributed by atoms with E-state index < -0.39 is 10.0 Å². The molecule has 1 heterocycles. The van der Waals surface area contributed by atoms with Gasteiger partial charge in [-0.25, -0.2) is 8.42 Å². The number of morpholine rings is 1. The van der Waals surface area contributed by atoms with Crippen LogP contribution in [0.25, 0.3) is 0 Å². The van der Waals surface area contributed by atoms with Crippen molar-refractivity contribution in [3.63, 3.8) is 0 Å². The van der Waals surface area contributed by atoms with Crippen LogP contribution < -0.4 is 19.5 Å². The van der Waals surface area contributed by atoms with Crippen molar-refractivity contribution in [1.82, 2.24) is 9.62 Å². The van der Waals surface area contributed by atoms with Gasteiger partial charge in [-0.1, -0.05) is 0 Å². The number of aryl methyl sites for hydroxylation is 1. The summed E-state index contributed by atoms with van der Waals surface area (Å²) in [5, 5.41) is 2.91. The Kier molecular flexibility index (Phi) is 9.14. The predicted octanol–water partition coefficient (Wildman–Crippen LogP) is 2.24. The second-order valence-electron chi connectivity index (χ2n) is 7.95. The number of hydrogen-bond donors (Lipinski definition) is 1. The van der Waals surface area contributed by atoms with Gasteiger partial charge in [-0.05, 0) is 61.4 Å². The molecule has 0 saturated carbocycles. The van der Waals surface area contributed by atoms with E-state index in [0.717, 1.165) is 5.75 Å². The van der Waals surface area contributed by atoms with Gasteiger partial charge in [0.2, 0.25) is 15.9 Å². The molecular formula is C24H32N2O7S. The molecule has 1 N–H and O–H groups in total. The minimum absolute atomic E-state index is 0.158. The van der Waals surface area contributed by atoms with E-state index in [4.69, 9.17) is 18.9 Å². The van der Waals surface area contributed by atoms with Crippen LogP contribution in [0.5, 0.6) is 17.2 Å². The zero-order valence-electron chi connectivity index (χ0n) is 19.8. The number of nitrogens with one attached hydrogen (secondary N) is 1. The molecule has 1 unspecified atom stereocenters. The molecule has 2 aromatic carbocycles. The molecule has 2 aromatic rings. The molecule has 1 aliphatic heterocycles. The van der Waals surface area contributed by atoms with E-state index in [0.29, 0.717) is 56.4 Å². The summed E-state index contributed by atoms with van der Waals surface area (Å²) < 4.78 is 48.8. The van der Waals surface area contributed by atoms with Crippen LogP contribution in [0, 0.1) is 0 Å². The molecule has 1 atom stereocenters. The molecule has 0 spiro atoms. The lowest BCUT2D eigenvalue weighted by Crippen LogP contribution is -2.40. The minimum Gasteiger partial charge on any atom is -0.497 e. The number of carbonyl (C=O) groups is 1. The Morgan fingerprint density at radius 1 is 1.06 bits per heavy atom. The maximum Gasteiger partial charge on any atom is 0.243 e. The summed E-state index contributed by atoms with van der Waals surface area (Å²) in [6, 6.07) is 11.8. The third-order valence-electron chi connectivity index (χ3n) is 5.45. The Bertz CT molecular complexity index is 1050. The zero-order valence-corrected chi connectivity index (χ0v) is 20.6. The molecule has 10 heteroatoms. The summed E-state index contributed by atoms with van der Waals surface area (Å²) >= 11 is 0. The summed E-state index contributed by atoms with van der Waals surface area (Å²) in [5.74, 6) is 1.81. The van der Waals surface area contributed by atoms with Crippen molar-refractivity contribution in [2.45, 2.75) is 30.7 Å². The van der Waals surface area contributed by atoms with Crippen LogP contribution >= 0.6 is 0 Å². The van der Waals surface area contributed by atoms with Crippen molar-refractivity contribution in [2.24, 2.45) is 0 Å². The maximum atomic E-state index is 13.0. The van der Waals surface area contributed by atoms with E-state index in [9.17, 15) is 13.2 Å². The Morgan fingerprint density at radius 2 is 1.74 bits per heavy atom. The van der Waals surface area contributed by atoms with E-state index in [-0.39, 0.29) is 23.3 Å². The average molecular weight is 493 g/mol. The summed E-state index contributed by atoms with van der Waals surface area (Å²) in [6.07, 6.45) is 0.526.